The summed E-state index contributed by atoms with van der Waals surface area (Å²) < 4.78 is 4.75. The van der Waals surface area contributed by atoms with Crippen LogP contribution in [-0.2, 0) is 11.2 Å². The number of carboxylic acids is 1. The van der Waals surface area contributed by atoms with Crippen molar-refractivity contribution in [2.45, 2.75) is 13.3 Å². The molecule has 0 saturated carbocycles. The molecule has 0 fully saturated rings. The number of hydrogen-bond acceptors (Lipinski definition) is 3. The molecule has 0 atom stereocenters. The number of amides is 1. The molecule has 1 aromatic carbocycles. The Bertz CT molecular complexity index is 468. The minimum Gasteiger partial charge on any atom is -0.478 e. The summed E-state index contributed by atoms with van der Waals surface area (Å²) in [7, 11) is 0. The van der Waals surface area contributed by atoms with Crippen molar-refractivity contribution in [3.63, 3.8) is 0 Å². The number of nitrogens with one attached hydrogen (secondary N) is 1. The Morgan fingerprint density at radius 1 is 1.44 bits per heavy atom. The maximum absolute atomic E-state index is 11.3. The predicted molar refractivity (Wildman–Crippen MR) is 67.9 cm³/mol. The summed E-state index contributed by atoms with van der Waals surface area (Å²) in [4.78, 5) is 22.2. The predicted octanol–water partition coefficient (Wildman–Crippen LogP) is 2.68. The fraction of sp³-hybridized carbons (Fsp3) is 0.231. The van der Waals surface area contributed by atoms with Gasteiger partial charge in [0.15, 0.2) is 0 Å². The van der Waals surface area contributed by atoms with Gasteiger partial charge in [0, 0.05) is 5.69 Å². The van der Waals surface area contributed by atoms with Gasteiger partial charge >= 0.3 is 12.1 Å². The van der Waals surface area contributed by atoms with E-state index in [2.05, 4.69) is 11.9 Å². The number of ether oxygens (including phenoxy) is 1. The molecule has 1 aromatic rings. The van der Waals surface area contributed by atoms with Gasteiger partial charge in [0.05, 0.1) is 5.56 Å². The molecule has 18 heavy (non-hydrogen) atoms. The summed E-state index contributed by atoms with van der Waals surface area (Å²) in [6, 6.07) is 4.67. The van der Waals surface area contributed by atoms with Crippen LogP contribution < -0.4 is 5.32 Å². The molecular weight excluding hydrogens is 234 g/mol. The summed E-state index contributed by atoms with van der Waals surface area (Å²) in [5, 5.41) is 11.4. The molecule has 0 aliphatic rings. The van der Waals surface area contributed by atoms with Gasteiger partial charge in [-0.3, -0.25) is 5.32 Å². The number of aryl methyl sites for hydroxylation is 1. The van der Waals surface area contributed by atoms with Crippen molar-refractivity contribution >= 4 is 17.7 Å². The fourth-order valence-electron chi connectivity index (χ4n) is 1.38. The molecule has 5 heteroatoms. The Labute approximate surface area is 105 Å². The molecule has 1 rings (SSSR count). The topological polar surface area (TPSA) is 75.6 Å². The highest BCUT2D eigenvalue weighted by Crippen LogP contribution is 2.16. The van der Waals surface area contributed by atoms with Crippen LogP contribution in [-0.4, -0.2) is 23.8 Å². The van der Waals surface area contributed by atoms with E-state index in [1.165, 1.54) is 12.1 Å². The first-order valence-corrected chi connectivity index (χ1v) is 5.48. The smallest absolute Gasteiger partial charge is 0.411 e. The van der Waals surface area contributed by atoms with Gasteiger partial charge in [-0.1, -0.05) is 19.6 Å². The Morgan fingerprint density at radius 2 is 2.17 bits per heavy atom. The molecule has 0 heterocycles. The first-order valence-electron chi connectivity index (χ1n) is 5.48. The van der Waals surface area contributed by atoms with Crippen LogP contribution in [0.5, 0.6) is 0 Å². The van der Waals surface area contributed by atoms with Crippen LogP contribution in [0, 0.1) is 0 Å². The van der Waals surface area contributed by atoms with Gasteiger partial charge in [-0.2, -0.15) is 0 Å². The van der Waals surface area contributed by atoms with Crippen molar-refractivity contribution in [1.82, 2.24) is 0 Å². The first-order chi connectivity index (χ1) is 8.56. The molecule has 0 radical (unpaired) electrons. The third-order valence-electron chi connectivity index (χ3n) is 2.23. The zero-order valence-electron chi connectivity index (χ0n) is 10.1. The molecule has 0 bridgehead atoms. The first kappa shape index (κ1) is 13.8. The highest BCUT2D eigenvalue weighted by molar-refractivity contribution is 5.91. The van der Waals surface area contributed by atoms with Gasteiger partial charge in [0.2, 0.25) is 0 Å². The third kappa shape index (κ3) is 3.93. The number of hydrogen-bond donors (Lipinski definition) is 2. The number of carbonyl (C=O) groups is 2. The SMILES string of the molecule is C=CCOC(=O)Nc1cc(CC)cc(C(=O)O)c1. The van der Waals surface area contributed by atoms with Gasteiger partial charge in [0.1, 0.15) is 6.61 Å². The van der Waals surface area contributed by atoms with E-state index < -0.39 is 12.1 Å². The second kappa shape index (κ2) is 6.44. The maximum Gasteiger partial charge on any atom is 0.411 e. The number of aromatic carboxylic acids is 1. The van der Waals surface area contributed by atoms with Gasteiger partial charge in [-0.05, 0) is 30.2 Å². The average molecular weight is 249 g/mol. The molecule has 0 aliphatic carbocycles. The second-order valence-electron chi connectivity index (χ2n) is 3.59. The molecule has 0 aromatic heterocycles. The lowest BCUT2D eigenvalue weighted by Crippen LogP contribution is -2.14. The normalized spacial score (nSPS) is 9.61. The van der Waals surface area contributed by atoms with Crippen LogP contribution in [0.25, 0.3) is 0 Å². The number of carboxylic acid groups (broad SMARTS) is 1. The molecule has 0 spiro atoms. The van der Waals surface area contributed by atoms with Crippen LogP contribution in [0.15, 0.2) is 30.9 Å². The van der Waals surface area contributed by atoms with Crippen molar-refractivity contribution < 1.29 is 19.4 Å². The van der Waals surface area contributed by atoms with E-state index in [1.54, 1.807) is 12.1 Å². The number of carbonyl (C=O) groups excluding carboxylic acids is 1. The van der Waals surface area contributed by atoms with Crippen LogP contribution >= 0.6 is 0 Å². The summed E-state index contributed by atoms with van der Waals surface area (Å²) in [6.07, 6.45) is 1.49. The van der Waals surface area contributed by atoms with E-state index >= 15 is 0 Å². The van der Waals surface area contributed by atoms with Crippen molar-refractivity contribution in [3.05, 3.63) is 42.0 Å². The number of anilines is 1. The Hall–Kier alpha value is -2.30. The lowest BCUT2D eigenvalue weighted by molar-refractivity contribution is 0.0696. The summed E-state index contributed by atoms with van der Waals surface area (Å²) in [5.41, 5.74) is 1.36. The Kier molecular flexibility index (Phi) is 4.92. The number of rotatable bonds is 5. The summed E-state index contributed by atoms with van der Waals surface area (Å²) in [5.74, 6) is -1.03. The van der Waals surface area contributed by atoms with Gasteiger partial charge in [0.25, 0.3) is 0 Å². The molecular formula is C13H15NO4. The summed E-state index contributed by atoms with van der Waals surface area (Å²) >= 11 is 0. The van der Waals surface area contributed by atoms with Crippen LogP contribution in [0.2, 0.25) is 0 Å². The molecule has 2 N–H and O–H groups in total. The van der Waals surface area contributed by atoms with Crippen LogP contribution in [0.1, 0.15) is 22.8 Å². The largest absolute Gasteiger partial charge is 0.478 e. The molecule has 0 aliphatic heterocycles. The molecule has 5 nitrogen and oxygen atoms in total. The highest BCUT2D eigenvalue weighted by atomic mass is 16.5. The fourth-order valence-corrected chi connectivity index (χ4v) is 1.38. The third-order valence-corrected chi connectivity index (χ3v) is 2.23. The van der Waals surface area contributed by atoms with E-state index in [0.29, 0.717) is 12.1 Å². The maximum atomic E-state index is 11.3. The van der Waals surface area contributed by atoms with E-state index in [4.69, 9.17) is 9.84 Å². The zero-order chi connectivity index (χ0) is 13.5. The lowest BCUT2D eigenvalue weighted by atomic mass is 10.1. The van der Waals surface area contributed by atoms with Crippen molar-refractivity contribution in [2.24, 2.45) is 0 Å². The second-order valence-corrected chi connectivity index (χ2v) is 3.59. The van der Waals surface area contributed by atoms with Crippen LogP contribution in [0.3, 0.4) is 0 Å². The Morgan fingerprint density at radius 3 is 2.72 bits per heavy atom. The van der Waals surface area contributed by atoms with Crippen molar-refractivity contribution in [2.75, 3.05) is 11.9 Å². The lowest BCUT2D eigenvalue weighted by Gasteiger charge is -2.08. The van der Waals surface area contributed by atoms with Gasteiger partial charge < -0.3 is 9.84 Å². The van der Waals surface area contributed by atoms with Gasteiger partial charge in [-0.15, -0.1) is 0 Å². The number of benzene rings is 1. The van der Waals surface area contributed by atoms with Gasteiger partial charge in [-0.25, -0.2) is 9.59 Å². The molecule has 0 unspecified atom stereocenters. The Balaban J connectivity index is 2.87. The van der Waals surface area contributed by atoms with E-state index in [9.17, 15) is 9.59 Å². The minimum atomic E-state index is -1.03. The highest BCUT2D eigenvalue weighted by Gasteiger charge is 2.09. The molecule has 1 amide bonds. The van der Waals surface area contributed by atoms with Crippen molar-refractivity contribution in [3.8, 4) is 0 Å². The monoisotopic (exact) mass is 249 g/mol. The van der Waals surface area contributed by atoms with E-state index in [-0.39, 0.29) is 12.2 Å². The van der Waals surface area contributed by atoms with Crippen LogP contribution in [0.4, 0.5) is 10.5 Å². The minimum absolute atomic E-state index is 0.102. The standard InChI is InChI=1S/C13H15NO4/c1-3-5-18-13(17)14-11-7-9(4-2)6-10(8-11)12(15)16/h3,6-8H,1,4-5H2,2H3,(H,14,17)(H,15,16). The average Bonchev–Trinajstić information content (AvgIpc) is 2.35. The quantitative estimate of drug-likeness (QED) is 0.786. The molecule has 96 valence electrons. The van der Waals surface area contributed by atoms with Crippen molar-refractivity contribution in [1.29, 1.82) is 0 Å². The molecule has 0 saturated heterocycles. The summed E-state index contributed by atoms with van der Waals surface area (Å²) in [6.45, 7) is 5.43. The zero-order valence-corrected chi connectivity index (χ0v) is 10.1. The van der Waals surface area contributed by atoms with E-state index in [0.717, 1.165) is 5.56 Å². The van der Waals surface area contributed by atoms with E-state index in [1.807, 2.05) is 6.92 Å².